The average Bonchev–Trinajstić information content (AvgIpc) is 3.09. The number of fused-ring (bicyclic) bond motifs is 1. The van der Waals surface area contributed by atoms with Gasteiger partial charge >= 0.3 is 5.97 Å². The minimum atomic E-state index is -1.10. The van der Waals surface area contributed by atoms with Crippen molar-refractivity contribution in [2.24, 2.45) is 17.8 Å². The van der Waals surface area contributed by atoms with E-state index in [9.17, 15) is 24.6 Å². The Balaban J connectivity index is 1.78. The SMILES string of the molecule is CC(O)C1C(=O)N2C(C(=O)O)=C(CN3CCC(C(=O)N(C)C)C3)C(C)C12. The Morgan fingerprint density at radius 2 is 2.00 bits per heavy atom. The van der Waals surface area contributed by atoms with Crippen molar-refractivity contribution in [3.63, 3.8) is 0 Å². The second-order valence-electron chi connectivity index (χ2n) is 7.89. The van der Waals surface area contributed by atoms with Crippen molar-refractivity contribution in [2.45, 2.75) is 32.4 Å². The van der Waals surface area contributed by atoms with Crippen molar-refractivity contribution in [1.82, 2.24) is 14.7 Å². The number of aliphatic hydroxyl groups excluding tert-OH is 1. The Morgan fingerprint density at radius 3 is 2.54 bits per heavy atom. The predicted molar refractivity (Wildman–Crippen MR) is 92.9 cm³/mol. The summed E-state index contributed by atoms with van der Waals surface area (Å²) in [5.74, 6) is -2.06. The van der Waals surface area contributed by atoms with Crippen LogP contribution in [-0.2, 0) is 14.4 Å². The van der Waals surface area contributed by atoms with Crippen molar-refractivity contribution in [2.75, 3.05) is 33.7 Å². The van der Waals surface area contributed by atoms with Gasteiger partial charge in [-0.2, -0.15) is 0 Å². The van der Waals surface area contributed by atoms with Crippen LogP contribution in [0.1, 0.15) is 20.3 Å². The number of carboxylic acid groups (broad SMARTS) is 1. The zero-order valence-electron chi connectivity index (χ0n) is 15.7. The van der Waals surface area contributed by atoms with E-state index in [1.165, 1.54) is 4.90 Å². The number of amides is 2. The highest BCUT2D eigenvalue weighted by Crippen LogP contribution is 2.47. The van der Waals surface area contributed by atoms with Crippen LogP contribution >= 0.6 is 0 Å². The number of hydrogen-bond donors (Lipinski definition) is 2. The molecule has 0 aromatic heterocycles. The summed E-state index contributed by atoms with van der Waals surface area (Å²) in [4.78, 5) is 41.3. The summed E-state index contributed by atoms with van der Waals surface area (Å²) in [7, 11) is 3.48. The summed E-state index contributed by atoms with van der Waals surface area (Å²) < 4.78 is 0. The molecule has 26 heavy (non-hydrogen) atoms. The fraction of sp³-hybridized carbons (Fsp3) is 0.722. The van der Waals surface area contributed by atoms with Gasteiger partial charge in [-0.05, 0) is 25.5 Å². The maximum absolute atomic E-state index is 12.3. The van der Waals surface area contributed by atoms with E-state index in [-0.39, 0.29) is 35.4 Å². The molecule has 0 aliphatic carbocycles. The number of carbonyl (C=O) groups excluding carboxylic acids is 2. The van der Waals surface area contributed by atoms with Crippen LogP contribution < -0.4 is 0 Å². The number of carboxylic acids is 1. The Labute approximate surface area is 153 Å². The molecule has 144 valence electrons. The second-order valence-corrected chi connectivity index (χ2v) is 7.89. The van der Waals surface area contributed by atoms with E-state index in [1.54, 1.807) is 25.9 Å². The maximum Gasteiger partial charge on any atom is 0.352 e. The third-order valence-electron chi connectivity index (χ3n) is 5.97. The number of aliphatic carboxylic acids is 1. The topological polar surface area (TPSA) is 101 Å². The predicted octanol–water partition coefficient (Wildman–Crippen LogP) is -0.407. The van der Waals surface area contributed by atoms with Crippen LogP contribution in [0.3, 0.4) is 0 Å². The molecule has 5 atom stereocenters. The first-order valence-corrected chi connectivity index (χ1v) is 9.06. The Hall–Kier alpha value is -1.93. The summed E-state index contributed by atoms with van der Waals surface area (Å²) in [6, 6.07) is -0.287. The Kier molecular flexibility index (Phi) is 4.83. The highest BCUT2D eigenvalue weighted by molar-refractivity contribution is 6.00. The fourth-order valence-electron chi connectivity index (χ4n) is 4.64. The molecule has 0 radical (unpaired) electrons. The van der Waals surface area contributed by atoms with Crippen molar-refractivity contribution in [1.29, 1.82) is 0 Å². The molecule has 0 aromatic carbocycles. The van der Waals surface area contributed by atoms with Crippen molar-refractivity contribution < 1.29 is 24.6 Å². The van der Waals surface area contributed by atoms with Gasteiger partial charge in [-0.15, -0.1) is 0 Å². The van der Waals surface area contributed by atoms with Crippen LogP contribution in [0.5, 0.6) is 0 Å². The number of nitrogens with zero attached hydrogens (tertiary/aromatic N) is 3. The molecule has 3 heterocycles. The largest absolute Gasteiger partial charge is 0.477 e. The molecule has 3 aliphatic rings. The first kappa shape index (κ1) is 18.8. The molecule has 0 saturated carbocycles. The van der Waals surface area contributed by atoms with E-state index >= 15 is 0 Å². The van der Waals surface area contributed by atoms with Crippen LogP contribution in [0.4, 0.5) is 0 Å². The van der Waals surface area contributed by atoms with E-state index in [1.807, 2.05) is 6.92 Å². The zero-order valence-corrected chi connectivity index (χ0v) is 15.7. The maximum atomic E-state index is 12.3. The van der Waals surface area contributed by atoms with Gasteiger partial charge in [-0.1, -0.05) is 6.92 Å². The van der Waals surface area contributed by atoms with Gasteiger partial charge in [0.15, 0.2) is 0 Å². The molecular formula is C18H27N3O5. The molecule has 0 aromatic rings. The van der Waals surface area contributed by atoms with Gasteiger partial charge in [0.1, 0.15) is 5.70 Å². The van der Waals surface area contributed by atoms with Crippen LogP contribution in [0.25, 0.3) is 0 Å². The molecule has 3 aliphatic heterocycles. The van der Waals surface area contributed by atoms with Gasteiger partial charge in [0.05, 0.1) is 24.0 Å². The molecule has 3 rings (SSSR count). The van der Waals surface area contributed by atoms with Crippen LogP contribution in [0.15, 0.2) is 11.3 Å². The minimum Gasteiger partial charge on any atom is -0.477 e. The van der Waals surface area contributed by atoms with Crippen LogP contribution in [0.2, 0.25) is 0 Å². The van der Waals surface area contributed by atoms with E-state index in [0.717, 1.165) is 18.5 Å². The molecular weight excluding hydrogens is 338 g/mol. The van der Waals surface area contributed by atoms with E-state index in [4.69, 9.17) is 0 Å². The van der Waals surface area contributed by atoms with Crippen molar-refractivity contribution >= 4 is 17.8 Å². The molecule has 2 N–H and O–H groups in total. The first-order valence-electron chi connectivity index (χ1n) is 9.06. The van der Waals surface area contributed by atoms with E-state index in [2.05, 4.69) is 4.90 Å². The van der Waals surface area contributed by atoms with Gasteiger partial charge in [-0.25, -0.2) is 4.79 Å². The number of rotatable bonds is 5. The highest BCUT2D eigenvalue weighted by Gasteiger charge is 2.59. The normalized spacial score (nSPS) is 32.5. The number of aliphatic hydroxyl groups is 1. The fourth-order valence-corrected chi connectivity index (χ4v) is 4.64. The molecule has 2 amide bonds. The van der Waals surface area contributed by atoms with E-state index in [0.29, 0.717) is 13.1 Å². The van der Waals surface area contributed by atoms with Gasteiger partial charge in [0.25, 0.3) is 0 Å². The Bertz CT molecular complexity index is 672. The number of β-lactam (4-membered cyclic amide) rings is 1. The molecule has 2 fully saturated rings. The molecule has 0 bridgehead atoms. The zero-order chi connectivity index (χ0) is 19.3. The molecule has 0 spiro atoms. The average molecular weight is 365 g/mol. The lowest BCUT2D eigenvalue weighted by Crippen LogP contribution is -2.63. The molecule has 5 unspecified atom stereocenters. The third-order valence-corrected chi connectivity index (χ3v) is 5.97. The van der Waals surface area contributed by atoms with Crippen LogP contribution in [-0.4, -0.2) is 88.6 Å². The lowest BCUT2D eigenvalue weighted by molar-refractivity contribution is -0.163. The van der Waals surface area contributed by atoms with Gasteiger partial charge < -0.3 is 20.0 Å². The minimum absolute atomic E-state index is 0.0618. The molecule has 8 heteroatoms. The number of carbonyl (C=O) groups is 3. The van der Waals surface area contributed by atoms with Gasteiger partial charge in [-0.3, -0.25) is 14.5 Å². The second kappa shape index (κ2) is 6.66. The summed E-state index contributed by atoms with van der Waals surface area (Å²) in [6.45, 7) is 5.25. The monoisotopic (exact) mass is 365 g/mol. The van der Waals surface area contributed by atoms with Crippen LogP contribution in [0, 0.1) is 17.8 Å². The Morgan fingerprint density at radius 1 is 1.35 bits per heavy atom. The van der Waals surface area contributed by atoms with Crippen molar-refractivity contribution in [3.8, 4) is 0 Å². The van der Waals surface area contributed by atoms with Gasteiger partial charge in [0.2, 0.25) is 11.8 Å². The molecule has 2 saturated heterocycles. The van der Waals surface area contributed by atoms with E-state index < -0.39 is 18.0 Å². The highest BCUT2D eigenvalue weighted by atomic mass is 16.4. The summed E-state index contributed by atoms with van der Waals surface area (Å²) in [5, 5.41) is 19.5. The smallest absolute Gasteiger partial charge is 0.352 e. The quantitative estimate of drug-likeness (QED) is 0.643. The summed E-state index contributed by atoms with van der Waals surface area (Å²) >= 11 is 0. The van der Waals surface area contributed by atoms with Gasteiger partial charge in [0, 0.05) is 33.1 Å². The molecule has 8 nitrogen and oxygen atoms in total. The first-order chi connectivity index (χ1) is 12.1. The van der Waals surface area contributed by atoms with Crippen molar-refractivity contribution in [3.05, 3.63) is 11.3 Å². The summed E-state index contributed by atoms with van der Waals surface area (Å²) in [5.41, 5.74) is 0.781. The number of likely N-dealkylation sites (tertiary alicyclic amines) is 1. The summed E-state index contributed by atoms with van der Waals surface area (Å²) in [6.07, 6.45) is -0.0434. The lowest BCUT2D eigenvalue weighted by atomic mass is 9.77. The number of hydrogen-bond acceptors (Lipinski definition) is 5. The standard InChI is InChI=1S/C18H27N3O5/c1-9-12(8-20-6-5-11(7-20)16(23)19(3)4)15(18(25)26)21-14(9)13(10(2)22)17(21)24/h9-11,13-14,22H,5-8H2,1-4H3,(H,25,26). The lowest BCUT2D eigenvalue weighted by Gasteiger charge is -2.46. The third kappa shape index (κ3) is 2.81.